The van der Waals surface area contributed by atoms with Gasteiger partial charge in [0.05, 0.1) is 0 Å². The molecule has 4 nitrogen and oxygen atoms in total. The summed E-state index contributed by atoms with van der Waals surface area (Å²) in [4.78, 5) is 21.6. The highest BCUT2D eigenvalue weighted by molar-refractivity contribution is 5.93. The summed E-state index contributed by atoms with van der Waals surface area (Å²) in [6.07, 6.45) is 21.5. The molecule has 4 rings (SSSR count). The molecule has 4 heteroatoms. The summed E-state index contributed by atoms with van der Waals surface area (Å²) in [6.45, 7) is 4.21. The van der Waals surface area contributed by atoms with Crippen LogP contribution in [0.25, 0.3) is 0 Å². The Labute approximate surface area is 186 Å². The van der Waals surface area contributed by atoms with Gasteiger partial charge >= 0.3 is 5.97 Å². The number of carbonyl (C=O) groups excluding carboxylic acids is 1. The Kier molecular flexibility index (Phi) is 7.27. The van der Waals surface area contributed by atoms with Crippen molar-refractivity contribution in [1.29, 1.82) is 0 Å². The van der Waals surface area contributed by atoms with E-state index in [0.717, 1.165) is 51.4 Å². The maximum atomic E-state index is 11.7. The zero-order valence-corrected chi connectivity index (χ0v) is 19.0. The van der Waals surface area contributed by atoms with Crippen LogP contribution in [0.2, 0.25) is 0 Å². The normalized spacial score (nSPS) is 33.4. The number of carbonyl (C=O) groups is 2. The average Bonchev–Trinajstić information content (AvgIpc) is 3.07. The van der Waals surface area contributed by atoms with E-state index in [2.05, 4.69) is 31.9 Å². The topological polar surface area (TPSA) is 74.6 Å². The lowest BCUT2D eigenvalue weighted by molar-refractivity contribution is -0.137. The van der Waals surface area contributed by atoms with Gasteiger partial charge in [-0.05, 0) is 79.6 Å². The number of allylic oxidation sites excluding steroid dienone is 5. The van der Waals surface area contributed by atoms with Crippen LogP contribution >= 0.6 is 0 Å². The molecule has 1 fully saturated rings. The number of rotatable bonds is 5. The number of carboxylic acids is 1. The van der Waals surface area contributed by atoms with Crippen molar-refractivity contribution >= 4 is 11.8 Å². The molecule has 1 saturated carbocycles. The van der Waals surface area contributed by atoms with Crippen LogP contribution in [0.15, 0.2) is 34.9 Å². The number of unbranched alkanes of at least 4 members (excludes halogenated alkanes) is 2. The molecule has 31 heavy (non-hydrogen) atoms. The van der Waals surface area contributed by atoms with E-state index in [1.165, 1.54) is 16.7 Å². The maximum absolute atomic E-state index is 11.7. The van der Waals surface area contributed by atoms with Crippen molar-refractivity contribution in [1.82, 2.24) is 0 Å². The Morgan fingerprint density at radius 2 is 2.00 bits per heavy atom. The Morgan fingerprint density at radius 1 is 1.23 bits per heavy atom. The fourth-order valence-corrected chi connectivity index (χ4v) is 6.27. The lowest BCUT2D eigenvalue weighted by atomic mass is 9.56. The second-order valence-electron chi connectivity index (χ2n) is 9.44. The second-order valence-corrected chi connectivity index (χ2v) is 9.44. The van der Waals surface area contributed by atoms with Crippen LogP contribution in [0, 0.1) is 29.6 Å². The fraction of sp³-hybridized carbons (Fsp3) is 0.630. The first kappa shape index (κ1) is 23.5. The van der Waals surface area contributed by atoms with E-state index in [1.807, 2.05) is 6.08 Å². The van der Waals surface area contributed by atoms with Crippen LogP contribution in [0.3, 0.4) is 0 Å². The van der Waals surface area contributed by atoms with Crippen LogP contribution in [0.1, 0.15) is 84.5 Å². The summed E-state index contributed by atoms with van der Waals surface area (Å²) in [7, 11) is 0. The first-order valence-electron chi connectivity index (χ1n) is 11.9. The van der Waals surface area contributed by atoms with Gasteiger partial charge in [0, 0.05) is 18.3 Å². The third-order valence-electron chi connectivity index (χ3n) is 7.93. The summed E-state index contributed by atoms with van der Waals surface area (Å²) < 4.78 is 0. The number of aliphatic carboxylic acids is 1. The van der Waals surface area contributed by atoms with E-state index in [4.69, 9.17) is 11.5 Å². The minimum atomic E-state index is -1.00. The number of hydrogen-bond donors (Lipinski definition) is 2. The smallest absolute Gasteiger partial charge is 0.303 e. The lowest BCUT2D eigenvalue weighted by Crippen LogP contribution is -2.48. The van der Waals surface area contributed by atoms with Crippen molar-refractivity contribution in [3.63, 3.8) is 0 Å². The third-order valence-corrected chi connectivity index (χ3v) is 7.93. The Bertz CT molecular complexity index is 855. The highest BCUT2D eigenvalue weighted by Gasteiger charge is 2.60. The molecule has 0 saturated heterocycles. The van der Waals surface area contributed by atoms with E-state index >= 15 is 0 Å². The van der Waals surface area contributed by atoms with E-state index in [9.17, 15) is 14.7 Å². The van der Waals surface area contributed by atoms with Crippen molar-refractivity contribution in [2.45, 2.75) is 90.1 Å². The Morgan fingerprint density at radius 3 is 2.65 bits per heavy atom. The molecule has 4 atom stereocenters. The zero-order valence-electron chi connectivity index (χ0n) is 19.0. The van der Waals surface area contributed by atoms with Gasteiger partial charge in [-0.3, -0.25) is 9.59 Å². The average molecular weight is 425 g/mol. The first-order valence-corrected chi connectivity index (χ1v) is 11.9. The van der Waals surface area contributed by atoms with Crippen LogP contribution in [0.5, 0.6) is 0 Å². The van der Waals surface area contributed by atoms with Gasteiger partial charge in [-0.2, -0.15) is 0 Å². The molecule has 0 spiro atoms. The van der Waals surface area contributed by atoms with Crippen molar-refractivity contribution in [3.8, 4) is 12.3 Å². The molecule has 0 aromatic rings. The minimum Gasteiger partial charge on any atom is -0.481 e. The fourth-order valence-electron chi connectivity index (χ4n) is 6.27. The number of ketones is 1. The Hall–Kier alpha value is -2.12. The van der Waals surface area contributed by atoms with Gasteiger partial charge in [0.25, 0.3) is 0 Å². The summed E-state index contributed by atoms with van der Waals surface area (Å²) in [5, 5.41) is 19.2. The van der Waals surface area contributed by atoms with Gasteiger partial charge < -0.3 is 10.2 Å². The maximum Gasteiger partial charge on any atom is 0.303 e. The molecule has 0 aromatic carbocycles. The molecule has 0 bridgehead atoms. The van der Waals surface area contributed by atoms with Gasteiger partial charge in [0.15, 0.2) is 5.78 Å². The Balaban J connectivity index is 0.000000293. The molecule has 0 aliphatic heterocycles. The predicted octanol–water partition coefficient (Wildman–Crippen LogP) is 5.37. The molecule has 4 aliphatic rings. The van der Waals surface area contributed by atoms with E-state index in [-0.39, 0.29) is 11.2 Å². The standard InChI is InChI=1S/C21H24O2.C6H12O2/c1-3-20-11-9-17-16-8-6-15(22)13-14(16)5-7-18(17)19(20)10-12-21(20,23)4-2;1-2-3-4-5-6(7)8/h2,9,11,13,18-19,23H,3,5-8,10,12H2,1H3;2-5H2,1H3,(H,7,8)/t18-,19+,20+,21+;/m1./s1. The van der Waals surface area contributed by atoms with Crippen molar-refractivity contribution in [2.24, 2.45) is 17.3 Å². The molecule has 0 heterocycles. The number of carboxylic acid groups (broad SMARTS) is 1. The van der Waals surface area contributed by atoms with Crippen molar-refractivity contribution in [3.05, 3.63) is 34.9 Å². The molecule has 0 unspecified atom stereocenters. The summed E-state index contributed by atoms with van der Waals surface area (Å²) in [6, 6.07) is 0. The van der Waals surface area contributed by atoms with Gasteiger partial charge in [0.1, 0.15) is 5.60 Å². The molecule has 0 radical (unpaired) electrons. The number of fused-ring (bicyclic) bond motifs is 4. The quantitative estimate of drug-likeness (QED) is 0.459. The lowest BCUT2D eigenvalue weighted by Gasteiger charge is -2.48. The number of hydrogen-bond acceptors (Lipinski definition) is 3. The van der Waals surface area contributed by atoms with Crippen LogP contribution in [0.4, 0.5) is 0 Å². The summed E-state index contributed by atoms with van der Waals surface area (Å²) in [5.74, 6) is 3.23. The van der Waals surface area contributed by atoms with E-state index < -0.39 is 11.6 Å². The highest BCUT2D eigenvalue weighted by atomic mass is 16.4. The highest BCUT2D eigenvalue weighted by Crippen LogP contribution is 2.62. The van der Waals surface area contributed by atoms with Gasteiger partial charge in [-0.1, -0.05) is 44.8 Å². The SMILES string of the molecule is C#C[C@]1(O)CC[C@H]2[C@@H]3CCC4=CC(=O)CCC4=C3C=C[C@@]21CC.CCCCCC(=O)O. The number of terminal acetylenes is 1. The monoisotopic (exact) mass is 424 g/mol. The van der Waals surface area contributed by atoms with E-state index in [0.29, 0.717) is 31.1 Å². The molecular weight excluding hydrogens is 388 g/mol. The summed E-state index contributed by atoms with van der Waals surface area (Å²) >= 11 is 0. The second kappa shape index (κ2) is 9.57. The first-order chi connectivity index (χ1) is 14.8. The molecule has 0 amide bonds. The molecule has 2 N–H and O–H groups in total. The predicted molar refractivity (Wildman–Crippen MR) is 122 cm³/mol. The van der Waals surface area contributed by atoms with Crippen molar-refractivity contribution in [2.75, 3.05) is 0 Å². The van der Waals surface area contributed by atoms with Crippen LogP contribution in [-0.2, 0) is 9.59 Å². The zero-order chi connectivity index (χ0) is 22.6. The van der Waals surface area contributed by atoms with Gasteiger partial charge in [0.2, 0.25) is 0 Å². The molecule has 0 aromatic heterocycles. The molecular formula is C27H36O4. The van der Waals surface area contributed by atoms with Crippen LogP contribution < -0.4 is 0 Å². The van der Waals surface area contributed by atoms with Crippen LogP contribution in [-0.4, -0.2) is 27.6 Å². The third kappa shape index (κ3) is 4.30. The van der Waals surface area contributed by atoms with Gasteiger partial charge in [-0.15, -0.1) is 6.42 Å². The van der Waals surface area contributed by atoms with Crippen molar-refractivity contribution < 1.29 is 19.8 Å². The largest absolute Gasteiger partial charge is 0.481 e. The van der Waals surface area contributed by atoms with Gasteiger partial charge in [-0.25, -0.2) is 0 Å². The molecule has 4 aliphatic carbocycles. The molecule has 168 valence electrons. The summed E-state index contributed by atoms with van der Waals surface area (Å²) in [5.41, 5.74) is 2.80. The van der Waals surface area contributed by atoms with E-state index in [1.54, 1.807) is 0 Å². The minimum absolute atomic E-state index is 0.271. The number of aliphatic hydroxyl groups is 1.